The Morgan fingerprint density at radius 2 is 2.32 bits per heavy atom. The van der Waals surface area contributed by atoms with Gasteiger partial charge in [0.1, 0.15) is 12.3 Å². The highest BCUT2D eigenvalue weighted by atomic mass is 16.5. The predicted octanol–water partition coefficient (Wildman–Crippen LogP) is -2.58. The quantitative estimate of drug-likeness (QED) is 0.503. The Hall–Kier alpha value is -1.84. The molecule has 1 amide bonds. The first-order valence-corrected chi connectivity index (χ1v) is 5.82. The second kappa shape index (κ2) is 4.37. The van der Waals surface area contributed by atoms with Crippen LogP contribution in [0.2, 0.25) is 0 Å². The Balaban J connectivity index is 1.82. The van der Waals surface area contributed by atoms with Crippen LogP contribution in [0.1, 0.15) is 6.42 Å². The number of hydrogen-bond acceptors (Lipinski definition) is 8. The van der Waals surface area contributed by atoms with E-state index in [4.69, 9.17) is 15.6 Å². The van der Waals surface area contributed by atoms with Gasteiger partial charge in [-0.25, -0.2) is 0 Å². The number of carbonyl (C=O) groups excluding carboxylic acids is 1. The average Bonchev–Trinajstić information content (AvgIpc) is 2.92. The summed E-state index contributed by atoms with van der Waals surface area (Å²) in [5, 5.41) is 18.8. The van der Waals surface area contributed by atoms with E-state index in [1.165, 1.54) is 6.34 Å². The lowest BCUT2D eigenvalue weighted by molar-refractivity contribution is -0.117. The van der Waals surface area contributed by atoms with Gasteiger partial charge in [-0.3, -0.25) is 14.7 Å². The molecule has 4 atom stereocenters. The summed E-state index contributed by atoms with van der Waals surface area (Å²) in [7, 11) is 0. The number of nitrogens with zero attached hydrogens (tertiary/aromatic N) is 4. The van der Waals surface area contributed by atoms with Gasteiger partial charge < -0.3 is 20.7 Å². The Kier molecular flexibility index (Phi) is 2.81. The number of rotatable bonds is 2. The number of fused-ring (bicyclic) bond motifs is 1. The number of ether oxygens (including phenoxy) is 1. The van der Waals surface area contributed by atoms with E-state index in [2.05, 4.69) is 15.0 Å². The van der Waals surface area contributed by atoms with Gasteiger partial charge in [-0.05, 0) is 0 Å². The molecule has 1 saturated heterocycles. The number of carbonyl (C=O) groups is 1. The summed E-state index contributed by atoms with van der Waals surface area (Å²) in [6.45, 7) is -0.277. The molecule has 0 spiro atoms. The van der Waals surface area contributed by atoms with Crippen molar-refractivity contribution in [1.82, 2.24) is 4.90 Å². The fraction of sp³-hybridized carbons (Fsp3) is 0.600. The van der Waals surface area contributed by atoms with Crippen LogP contribution in [-0.2, 0) is 9.53 Å². The van der Waals surface area contributed by atoms with E-state index in [-0.39, 0.29) is 19.0 Å². The summed E-state index contributed by atoms with van der Waals surface area (Å²) in [4.78, 5) is 24.7. The van der Waals surface area contributed by atoms with Crippen LogP contribution in [-0.4, -0.2) is 70.2 Å². The van der Waals surface area contributed by atoms with E-state index in [1.807, 2.05) is 0 Å². The zero-order valence-electron chi connectivity index (χ0n) is 9.88. The van der Waals surface area contributed by atoms with Gasteiger partial charge in [0, 0.05) is 6.42 Å². The summed E-state index contributed by atoms with van der Waals surface area (Å²) >= 11 is 0. The minimum Gasteiger partial charge on any atom is -0.394 e. The highest BCUT2D eigenvalue weighted by Gasteiger charge is 2.43. The third-order valence-electron chi connectivity index (χ3n) is 3.23. The molecule has 0 saturated carbocycles. The second-order valence-corrected chi connectivity index (χ2v) is 4.47. The maximum atomic E-state index is 11.6. The lowest BCUT2D eigenvalue weighted by atomic mass is 10.2. The number of amides is 1. The highest BCUT2D eigenvalue weighted by Crippen LogP contribution is 2.26. The van der Waals surface area contributed by atoms with Crippen molar-refractivity contribution in [2.45, 2.75) is 30.9 Å². The van der Waals surface area contributed by atoms with Gasteiger partial charge in [-0.15, -0.1) is 0 Å². The summed E-state index contributed by atoms with van der Waals surface area (Å²) in [6, 6.07) is -0.791. The van der Waals surface area contributed by atoms with Crippen molar-refractivity contribution in [2.24, 2.45) is 20.7 Å². The zero-order chi connectivity index (χ0) is 13.6. The number of hydrogen-bond donors (Lipinski definition) is 3. The van der Waals surface area contributed by atoms with E-state index >= 15 is 0 Å². The minimum atomic E-state index is -0.791. The second-order valence-electron chi connectivity index (χ2n) is 4.47. The molecule has 1 fully saturated rings. The lowest BCUT2D eigenvalue weighted by Crippen LogP contribution is -2.44. The van der Waals surface area contributed by atoms with Crippen LogP contribution in [0.25, 0.3) is 0 Å². The van der Waals surface area contributed by atoms with Crippen LogP contribution >= 0.6 is 0 Å². The van der Waals surface area contributed by atoms with Crippen LogP contribution in [0.15, 0.2) is 15.0 Å². The van der Waals surface area contributed by atoms with E-state index in [9.17, 15) is 9.90 Å². The molecule has 3 aliphatic rings. The van der Waals surface area contributed by atoms with Crippen LogP contribution < -0.4 is 5.73 Å². The van der Waals surface area contributed by atoms with Crippen molar-refractivity contribution in [2.75, 3.05) is 6.61 Å². The Bertz CT molecular complexity index is 502. The van der Waals surface area contributed by atoms with Crippen molar-refractivity contribution >= 4 is 24.0 Å². The third-order valence-corrected chi connectivity index (χ3v) is 3.23. The van der Waals surface area contributed by atoms with Crippen molar-refractivity contribution in [3.05, 3.63) is 0 Å². The standard InChI is InChI=1S/C10H13N5O4/c11-10-13-8-7(9(18)14-10)12-3-15(8)6-1-4(17)5(2-16)19-6/h3-7,16-17H,1-2H2,(H2,11,14,18)/t4-,5+,6?,7?/m0/s1. The minimum absolute atomic E-state index is 0.121. The van der Waals surface area contributed by atoms with E-state index in [1.54, 1.807) is 4.90 Å². The Morgan fingerprint density at radius 3 is 3.00 bits per heavy atom. The molecule has 9 heteroatoms. The van der Waals surface area contributed by atoms with Gasteiger partial charge in [-0.2, -0.15) is 9.98 Å². The maximum absolute atomic E-state index is 11.6. The predicted molar refractivity (Wildman–Crippen MR) is 64.6 cm³/mol. The maximum Gasteiger partial charge on any atom is 0.281 e. The molecule has 0 aromatic rings. The van der Waals surface area contributed by atoms with Gasteiger partial charge in [0.25, 0.3) is 5.91 Å². The van der Waals surface area contributed by atoms with Gasteiger partial charge in [0.05, 0.1) is 19.0 Å². The van der Waals surface area contributed by atoms with Crippen LogP contribution in [0.4, 0.5) is 0 Å². The average molecular weight is 267 g/mol. The molecular formula is C10H13N5O4. The number of guanidine groups is 1. The van der Waals surface area contributed by atoms with E-state index < -0.39 is 30.4 Å². The van der Waals surface area contributed by atoms with Crippen molar-refractivity contribution < 1.29 is 19.7 Å². The summed E-state index contributed by atoms with van der Waals surface area (Å²) in [5.74, 6) is -0.254. The van der Waals surface area contributed by atoms with E-state index in [0.29, 0.717) is 5.84 Å². The number of amidine groups is 1. The van der Waals surface area contributed by atoms with E-state index in [0.717, 1.165) is 0 Å². The normalized spacial score (nSPS) is 37.4. The summed E-state index contributed by atoms with van der Waals surface area (Å²) < 4.78 is 5.49. The zero-order valence-corrected chi connectivity index (χ0v) is 9.88. The smallest absolute Gasteiger partial charge is 0.281 e. The first-order chi connectivity index (χ1) is 9.10. The number of aliphatic hydroxyl groups excluding tert-OH is 2. The van der Waals surface area contributed by atoms with Gasteiger partial charge in [0.15, 0.2) is 11.9 Å². The first kappa shape index (κ1) is 12.2. The van der Waals surface area contributed by atoms with Crippen LogP contribution in [0.5, 0.6) is 0 Å². The Labute approximate surface area is 108 Å². The van der Waals surface area contributed by atoms with Gasteiger partial charge in [0.2, 0.25) is 5.96 Å². The Morgan fingerprint density at radius 1 is 1.53 bits per heavy atom. The molecule has 19 heavy (non-hydrogen) atoms. The van der Waals surface area contributed by atoms with Gasteiger partial charge in [-0.1, -0.05) is 0 Å². The molecule has 4 N–H and O–H groups in total. The highest BCUT2D eigenvalue weighted by molar-refractivity contribution is 6.21. The number of aliphatic hydroxyl groups is 2. The molecule has 0 bridgehead atoms. The monoisotopic (exact) mass is 267 g/mol. The molecule has 0 aromatic carbocycles. The molecular weight excluding hydrogens is 254 g/mol. The fourth-order valence-electron chi connectivity index (χ4n) is 2.29. The number of aliphatic imine (C=N–C) groups is 3. The summed E-state index contributed by atoms with van der Waals surface area (Å²) in [6.07, 6.45) is -0.240. The first-order valence-electron chi connectivity index (χ1n) is 5.82. The third kappa shape index (κ3) is 1.91. The molecule has 3 aliphatic heterocycles. The largest absolute Gasteiger partial charge is 0.394 e. The molecule has 0 aromatic heterocycles. The molecule has 0 radical (unpaired) electrons. The van der Waals surface area contributed by atoms with Crippen molar-refractivity contribution in [3.8, 4) is 0 Å². The molecule has 3 rings (SSSR count). The molecule has 2 unspecified atom stereocenters. The number of nitrogens with two attached hydrogens (primary N) is 1. The molecule has 0 aliphatic carbocycles. The lowest BCUT2D eigenvalue weighted by Gasteiger charge is -2.25. The van der Waals surface area contributed by atoms with Crippen molar-refractivity contribution in [1.29, 1.82) is 0 Å². The fourth-order valence-corrected chi connectivity index (χ4v) is 2.29. The van der Waals surface area contributed by atoms with Crippen LogP contribution in [0.3, 0.4) is 0 Å². The van der Waals surface area contributed by atoms with Crippen molar-refractivity contribution in [3.63, 3.8) is 0 Å². The van der Waals surface area contributed by atoms with Gasteiger partial charge >= 0.3 is 0 Å². The van der Waals surface area contributed by atoms with Crippen LogP contribution in [0, 0.1) is 0 Å². The summed E-state index contributed by atoms with van der Waals surface area (Å²) in [5.41, 5.74) is 5.45. The molecule has 9 nitrogen and oxygen atoms in total. The topological polar surface area (TPSA) is 133 Å². The molecule has 102 valence electrons. The SMILES string of the molecule is NC1=NC(=O)C2N=CN(C3C[C@H](O)[C@@H](CO)O3)C2=N1. The molecule has 3 heterocycles.